The van der Waals surface area contributed by atoms with E-state index in [9.17, 15) is 13.2 Å². The van der Waals surface area contributed by atoms with E-state index in [0.717, 1.165) is 55.9 Å². The Bertz CT molecular complexity index is 2610. The van der Waals surface area contributed by atoms with Gasteiger partial charge in [0.1, 0.15) is 41.4 Å². The van der Waals surface area contributed by atoms with Crippen molar-refractivity contribution in [2.75, 3.05) is 9.80 Å². The summed E-state index contributed by atoms with van der Waals surface area (Å²) in [6, 6.07) is 44.2. The van der Waals surface area contributed by atoms with Crippen molar-refractivity contribution < 1.29 is 22.2 Å². The van der Waals surface area contributed by atoms with Crippen LogP contribution >= 0.6 is 12.2 Å². The third kappa shape index (κ3) is 8.05. The normalized spacial score (nSPS) is 12.2. The maximum Gasteiger partial charge on any atom is 0.181 e. The van der Waals surface area contributed by atoms with Crippen LogP contribution in [-0.2, 0) is 6.42 Å². The Kier molecular flexibility index (Phi) is 11.0. The van der Waals surface area contributed by atoms with Gasteiger partial charge in [0.2, 0.25) is 0 Å². The van der Waals surface area contributed by atoms with Gasteiger partial charge in [-0.3, -0.25) is 0 Å². The summed E-state index contributed by atoms with van der Waals surface area (Å²) in [5.74, 6) is -0.975. The van der Waals surface area contributed by atoms with Crippen molar-refractivity contribution in [1.82, 2.24) is 10.3 Å². The molecule has 0 aliphatic carbocycles. The molecule has 0 radical (unpaired) electrons. The fraction of sp³-hybridized carbons (Fsp3) is 0.104. The molecule has 2 unspecified atom stereocenters. The van der Waals surface area contributed by atoms with Gasteiger partial charge in [-0.05, 0) is 109 Å². The van der Waals surface area contributed by atoms with E-state index in [1.807, 2.05) is 103 Å². The monoisotopic (exact) mass is 790 g/mol. The Labute approximate surface area is 339 Å². The Balaban J connectivity index is 1.18. The highest BCUT2D eigenvalue weighted by molar-refractivity contribution is 7.80. The average Bonchev–Trinajstić information content (AvgIpc) is 3.94. The lowest BCUT2D eigenvalue weighted by Gasteiger charge is -2.40. The fourth-order valence-electron chi connectivity index (χ4n) is 7.17. The van der Waals surface area contributed by atoms with Gasteiger partial charge in [0, 0.05) is 40.0 Å². The number of hydrogen-bond donors (Lipinski definition) is 0. The zero-order valence-electron chi connectivity index (χ0n) is 31.6. The number of halogens is 3. The Morgan fingerprint density at radius 3 is 1.50 bits per heavy atom. The lowest BCUT2D eigenvalue weighted by Crippen LogP contribution is -2.46. The highest BCUT2D eigenvalue weighted by Gasteiger charge is 2.30. The van der Waals surface area contributed by atoms with Crippen molar-refractivity contribution in [2.24, 2.45) is 0 Å². The Hall–Kier alpha value is -6.78. The van der Waals surface area contributed by atoms with Crippen LogP contribution < -0.4 is 9.80 Å². The van der Waals surface area contributed by atoms with Crippen LogP contribution in [0.1, 0.15) is 48.2 Å². The summed E-state index contributed by atoms with van der Waals surface area (Å²) in [6.45, 7) is 4.04. The number of thiocarbonyl (C=S) groups is 1. The minimum atomic E-state index is -0.356. The van der Waals surface area contributed by atoms with E-state index in [1.165, 1.54) is 36.4 Å². The van der Waals surface area contributed by atoms with Crippen LogP contribution in [0.3, 0.4) is 0 Å². The number of nitrogens with zero attached hydrogens (tertiary/aromatic N) is 4. The van der Waals surface area contributed by atoms with Crippen molar-refractivity contribution >= 4 is 28.7 Å². The van der Waals surface area contributed by atoms with Crippen LogP contribution in [0.25, 0.3) is 33.6 Å². The van der Waals surface area contributed by atoms with Gasteiger partial charge < -0.3 is 18.8 Å². The number of hydrogen-bond acceptors (Lipinski definition) is 5. The molecule has 2 aromatic heterocycles. The van der Waals surface area contributed by atoms with Gasteiger partial charge in [0.05, 0.1) is 12.1 Å². The molecule has 0 saturated carbocycles. The summed E-state index contributed by atoms with van der Waals surface area (Å²) >= 11 is 6.50. The first-order valence-electron chi connectivity index (χ1n) is 18.7. The van der Waals surface area contributed by atoms with Crippen molar-refractivity contribution in [3.8, 4) is 33.6 Å². The molecule has 58 heavy (non-hydrogen) atoms. The first-order valence-corrected chi connectivity index (χ1v) is 19.2. The average molecular weight is 791 g/mol. The Morgan fingerprint density at radius 2 is 0.983 bits per heavy atom. The molecule has 0 N–H and O–H groups in total. The lowest BCUT2D eigenvalue weighted by atomic mass is 10.0. The van der Waals surface area contributed by atoms with E-state index in [2.05, 4.69) is 10.3 Å². The Morgan fingerprint density at radius 1 is 0.534 bits per heavy atom. The summed E-state index contributed by atoms with van der Waals surface area (Å²) < 4.78 is 52.9. The number of rotatable bonds is 11. The van der Waals surface area contributed by atoms with Gasteiger partial charge in [0.15, 0.2) is 5.11 Å². The molecular formula is C48H37F3N4O2S. The van der Waals surface area contributed by atoms with Crippen molar-refractivity contribution in [2.45, 2.75) is 32.4 Å². The van der Waals surface area contributed by atoms with Gasteiger partial charge in [-0.1, -0.05) is 101 Å². The van der Waals surface area contributed by atoms with Crippen molar-refractivity contribution in [1.29, 1.82) is 0 Å². The van der Waals surface area contributed by atoms with Gasteiger partial charge >= 0.3 is 0 Å². The van der Waals surface area contributed by atoms with Gasteiger partial charge in [0.25, 0.3) is 0 Å². The molecule has 2 heterocycles. The third-order valence-electron chi connectivity index (χ3n) is 10.3. The van der Waals surface area contributed by atoms with Crippen LogP contribution in [0.4, 0.5) is 24.5 Å². The molecule has 288 valence electrons. The molecule has 10 heteroatoms. The molecule has 0 aliphatic heterocycles. The second kappa shape index (κ2) is 16.8. The third-order valence-corrected chi connectivity index (χ3v) is 10.7. The molecular weight excluding hydrogens is 754 g/mol. The topological polar surface area (TPSA) is 58.5 Å². The zero-order chi connectivity index (χ0) is 40.2. The van der Waals surface area contributed by atoms with E-state index in [4.69, 9.17) is 21.3 Å². The number of benzene rings is 6. The lowest BCUT2D eigenvalue weighted by molar-refractivity contribution is 0.421. The summed E-state index contributed by atoms with van der Waals surface area (Å²) in [7, 11) is 0. The highest BCUT2D eigenvalue weighted by Crippen LogP contribution is 2.38. The molecule has 0 saturated heterocycles. The molecule has 0 bridgehead atoms. The molecule has 2 atom stereocenters. The van der Waals surface area contributed by atoms with Crippen LogP contribution in [0.5, 0.6) is 0 Å². The van der Waals surface area contributed by atoms with E-state index in [-0.39, 0.29) is 29.5 Å². The minimum absolute atomic E-state index is 0.297. The molecule has 6 aromatic carbocycles. The van der Waals surface area contributed by atoms with Crippen molar-refractivity contribution in [3.63, 3.8) is 0 Å². The molecule has 8 rings (SSSR count). The minimum Gasteiger partial charge on any atom is -0.364 e. The van der Waals surface area contributed by atoms with Crippen LogP contribution in [0.15, 0.2) is 173 Å². The first-order chi connectivity index (χ1) is 28.2. The second-order valence-electron chi connectivity index (χ2n) is 14.0. The predicted molar refractivity (Wildman–Crippen MR) is 226 cm³/mol. The fourth-order valence-corrected chi connectivity index (χ4v) is 7.69. The van der Waals surface area contributed by atoms with E-state index >= 15 is 0 Å². The van der Waals surface area contributed by atoms with E-state index < -0.39 is 0 Å². The van der Waals surface area contributed by atoms with Crippen LogP contribution in [-0.4, -0.2) is 15.4 Å². The summed E-state index contributed by atoms with van der Waals surface area (Å²) in [5, 5.41) is 9.11. The van der Waals surface area contributed by atoms with E-state index in [1.54, 1.807) is 48.9 Å². The smallest absolute Gasteiger partial charge is 0.181 e. The number of anilines is 2. The summed E-state index contributed by atoms with van der Waals surface area (Å²) in [6.07, 6.45) is 3.76. The van der Waals surface area contributed by atoms with Crippen LogP contribution in [0, 0.1) is 17.5 Å². The standard InChI is InChI=1S/C48H37F3N4O2S/c1-31(34-10-20-41(50)21-11-34)54(43-24-14-37(15-25-43)46-39(29-56-52-46)28-33-8-18-40(49)19-9-33)48(58)55(32(2)35-12-22-42(51)23-13-35)44-26-16-38(17-27-44)47-45(30-57-53-47)36-6-4-3-5-7-36/h3-27,29-32H,28H2,1-2H3. The maximum absolute atomic E-state index is 14.2. The molecule has 0 amide bonds. The maximum atomic E-state index is 14.2. The quantitative estimate of drug-likeness (QED) is 0.121. The molecule has 6 nitrogen and oxygen atoms in total. The summed E-state index contributed by atoms with van der Waals surface area (Å²) in [4.78, 5) is 4.08. The summed E-state index contributed by atoms with van der Waals surface area (Å²) in [5.41, 5.74) is 9.95. The number of aromatic nitrogens is 2. The van der Waals surface area contributed by atoms with E-state index in [0.29, 0.717) is 22.9 Å². The van der Waals surface area contributed by atoms with Gasteiger partial charge in [-0.25, -0.2) is 13.2 Å². The van der Waals surface area contributed by atoms with Gasteiger partial charge in [-0.15, -0.1) is 0 Å². The largest absolute Gasteiger partial charge is 0.364 e. The highest BCUT2D eigenvalue weighted by atomic mass is 32.1. The van der Waals surface area contributed by atoms with Crippen LogP contribution in [0.2, 0.25) is 0 Å². The zero-order valence-corrected chi connectivity index (χ0v) is 32.4. The second-order valence-corrected chi connectivity index (χ2v) is 14.4. The first kappa shape index (κ1) is 38.1. The van der Waals surface area contributed by atoms with Crippen molar-refractivity contribution in [3.05, 3.63) is 204 Å². The van der Waals surface area contributed by atoms with Gasteiger partial charge in [-0.2, -0.15) is 0 Å². The SMILES string of the molecule is CC(c1ccc(F)cc1)N(C(=S)N(c1ccc(-c2nocc2-c2ccccc2)cc1)C(C)c1ccc(F)cc1)c1ccc(-c2nocc2Cc2ccc(F)cc2)cc1. The molecule has 0 fully saturated rings. The predicted octanol–water partition coefficient (Wildman–Crippen LogP) is 12.8. The molecule has 8 aromatic rings. The molecule has 0 aliphatic rings. The molecule has 0 spiro atoms.